The molecule has 0 bridgehead atoms. The SMILES string of the molecule is CCCCc1c(C(=O)O)sc2nc(-c3ccc(CC)cc3)cn12. The highest BCUT2D eigenvalue weighted by Crippen LogP contribution is 2.28. The molecule has 23 heavy (non-hydrogen) atoms. The number of hydrogen-bond acceptors (Lipinski definition) is 3. The third-order valence-electron chi connectivity index (χ3n) is 4.04. The van der Waals surface area contributed by atoms with Crippen LogP contribution in [0.15, 0.2) is 30.5 Å². The molecule has 0 saturated heterocycles. The van der Waals surface area contributed by atoms with E-state index in [0.717, 1.165) is 47.6 Å². The van der Waals surface area contributed by atoms with Crippen molar-refractivity contribution in [1.29, 1.82) is 0 Å². The molecule has 1 aromatic carbocycles. The lowest BCUT2D eigenvalue weighted by Gasteiger charge is -2.01. The third-order valence-corrected chi connectivity index (χ3v) is 5.12. The molecule has 0 aliphatic carbocycles. The van der Waals surface area contributed by atoms with Gasteiger partial charge in [0, 0.05) is 17.5 Å². The van der Waals surface area contributed by atoms with E-state index in [9.17, 15) is 9.90 Å². The predicted octanol–water partition coefficient (Wildman–Crippen LogP) is 4.67. The molecule has 0 unspecified atom stereocenters. The van der Waals surface area contributed by atoms with Gasteiger partial charge in [-0.25, -0.2) is 9.78 Å². The summed E-state index contributed by atoms with van der Waals surface area (Å²) in [5.41, 5.74) is 4.12. The van der Waals surface area contributed by atoms with E-state index in [1.54, 1.807) is 0 Å². The second-order valence-electron chi connectivity index (χ2n) is 5.62. The lowest BCUT2D eigenvalue weighted by atomic mass is 10.1. The maximum absolute atomic E-state index is 11.4. The monoisotopic (exact) mass is 328 g/mol. The summed E-state index contributed by atoms with van der Waals surface area (Å²) in [6.07, 6.45) is 5.76. The molecule has 0 amide bonds. The summed E-state index contributed by atoms with van der Waals surface area (Å²) in [5, 5.41) is 9.40. The summed E-state index contributed by atoms with van der Waals surface area (Å²) in [7, 11) is 0. The van der Waals surface area contributed by atoms with Gasteiger partial charge in [-0.05, 0) is 24.8 Å². The number of aryl methyl sites for hydroxylation is 2. The number of aromatic nitrogens is 2. The van der Waals surface area contributed by atoms with Crippen LogP contribution in [0.2, 0.25) is 0 Å². The van der Waals surface area contributed by atoms with Crippen molar-refractivity contribution in [1.82, 2.24) is 9.38 Å². The van der Waals surface area contributed by atoms with Crippen molar-refractivity contribution in [2.24, 2.45) is 0 Å². The first kappa shape index (κ1) is 15.7. The van der Waals surface area contributed by atoms with Crippen LogP contribution in [0.25, 0.3) is 16.2 Å². The number of hydrogen-bond donors (Lipinski definition) is 1. The standard InChI is InChI=1S/C18H20N2O2S/c1-3-5-6-15-16(17(21)22)23-18-19-14(11-20(15)18)13-9-7-12(4-2)8-10-13/h7-11H,3-6H2,1-2H3,(H,21,22). The normalized spacial score (nSPS) is 11.2. The molecule has 0 fully saturated rings. The second-order valence-corrected chi connectivity index (χ2v) is 6.59. The van der Waals surface area contributed by atoms with Gasteiger partial charge < -0.3 is 5.11 Å². The molecular weight excluding hydrogens is 308 g/mol. The van der Waals surface area contributed by atoms with Crippen LogP contribution in [0.3, 0.4) is 0 Å². The molecule has 120 valence electrons. The minimum atomic E-state index is -0.861. The lowest BCUT2D eigenvalue weighted by Crippen LogP contribution is -2.01. The average Bonchev–Trinajstić information content (AvgIpc) is 3.11. The molecule has 5 heteroatoms. The number of carboxylic acid groups (broad SMARTS) is 1. The fraction of sp³-hybridized carbons (Fsp3) is 0.333. The van der Waals surface area contributed by atoms with E-state index in [2.05, 4.69) is 43.1 Å². The maximum Gasteiger partial charge on any atom is 0.347 e. The van der Waals surface area contributed by atoms with Crippen LogP contribution in [0.4, 0.5) is 0 Å². The molecule has 0 spiro atoms. The Morgan fingerprint density at radius 1 is 1.26 bits per heavy atom. The average molecular weight is 328 g/mol. The van der Waals surface area contributed by atoms with E-state index in [4.69, 9.17) is 0 Å². The van der Waals surface area contributed by atoms with Gasteiger partial charge in [0.1, 0.15) is 4.88 Å². The molecule has 3 rings (SSSR count). The van der Waals surface area contributed by atoms with Crippen LogP contribution < -0.4 is 0 Å². The van der Waals surface area contributed by atoms with Gasteiger partial charge >= 0.3 is 5.97 Å². The van der Waals surface area contributed by atoms with Crippen LogP contribution in [-0.4, -0.2) is 20.5 Å². The van der Waals surface area contributed by atoms with Crippen LogP contribution in [-0.2, 0) is 12.8 Å². The van der Waals surface area contributed by atoms with Gasteiger partial charge in [0.15, 0.2) is 4.96 Å². The second kappa shape index (κ2) is 6.54. The smallest absolute Gasteiger partial charge is 0.347 e. The summed E-state index contributed by atoms with van der Waals surface area (Å²) in [6, 6.07) is 8.39. The first-order chi connectivity index (χ1) is 11.1. The number of benzene rings is 1. The molecule has 0 saturated carbocycles. The van der Waals surface area contributed by atoms with Crippen molar-refractivity contribution in [3.8, 4) is 11.3 Å². The minimum Gasteiger partial charge on any atom is -0.477 e. The molecule has 4 nitrogen and oxygen atoms in total. The number of thiazole rings is 1. The number of carbonyl (C=O) groups is 1. The Kier molecular flexibility index (Phi) is 4.48. The molecule has 0 radical (unpaired) electrons. The van der Waals surface area contributed by atoms with Crippen LogP contribution in [0.1, 0.15) is 47.6 Å². The van der Waals surface area contributed by atoms with Crippen molar-refractivity contribution in [3.05, 3.63) is 46.6 Å². The van der Waals surface area contributed by atoms with Gasteiger partial charge in [0.2, 0.25) is 0 Å². The van der Waals surface area contributed by atoms with Gasteiger partial charge in [-0.15, -0.1) is 0 Å². The van der Waals surface area contributed by atoms with Crippen LogP contribution in [0.5, 0.6) is 0 Å². The van der Waals surface area contributed by atoms with E-state index in [1.165, 1.54) is 16.9 Å². The zero-order chi connectivity index (χ0) is 16.4. The predicted molar refractivity (Wildman–Crippen MR) is 93.5 cm³/mol. The zero-order valence-electron chi connectivity index (χ0n) is 13.4. The van der Waals surface area contributed by atoms with Crippen LogP contribution in [0, 0.1) is 0 Å². The van der Waals surface area contributed by atoms with E-state index >= 15 is 0 Å². The molecule has 2 heterocycles. The summed E-state index contributed by atoms with van der Waals surface area (Å²) < 4.78 is 1.95. The Morgan fingerprint density at radius 2 is 2.00 bits per heavy atom. The number of fused-ring (bicyclic) bond motifs is 1. The quantitative estimate of drug-likeness (QED) is 0.715. The van der Waals surface area contributed by atoms with Gasteiger partial charge in [-0.1, -0.05) is 55.9 Å². The number of nitrogens with zero attached hydrogens (tertiary/aromatic N) is 2. The van der Waals surface area contributed by atoms with Crippen molar-refractivity contribution in [3.63, 3.8) is 0 Å². The molecule has 0 aliphatic heterocycles. The fourth-order valence-electron chi connectivity index (χ4n) is 2.68. The summed E-state index contributed by atoms with van der Waals surface area (Å²) in [6.45, 7) is 4.24. The number of carboxylic acids is 1. The van der Waals surface area contributed by atoms with Crippen molar-refractivity contribution in [2.75, 3.05) is 0 Å². The van der Waals surface area contributed by atoms with Crippen molar-refractivity contribution < 1.29 is 9.90 Å². The molecule has 2 aromatic heterocycles. The summed E-state index contributed by atoms with van der Waals surface area (Å²) in [4.78, 5) is 17.2. The highest BCUT2D eigenvalue weighted by molar-refractivity contribution is 7.19. The zero-order valence-corrected chi connectivity index (χ0v) is 14.2. The van der Waals surface area contributed by atoms with Crippen molar-refractivity contribution >= 4 is 22.3 Å². The molecular formula is C18H20N2O2S. The molecule has 1 N–H and O–H groups in total. The largest absolute Gasteiger partial charge is 0.477 e. The Bertz CT molecular complexity index is 831. The lowest BCUT2D eigenvalue weighted by molar-refractivity contribution is 0.0700. The van der Waals surface area contributed by atoms with E-state index < -0.39 is 5.97 Å². The Morgan fingerprint density at radius 3 is 2.61 bits per heavy atom. The van der Waals surface area contributed by atoms with E-state index in [1.807, 2.05) is 10.6 Å². The summed E-state index contributed by atoms with van der Waals surface area (Å²) in [5.74, 6) is -0.861. The highest BCUT2D eigenvalue weighted by Gasteiger charge is 2.19. The third kappa shape index (κ3) is 3.01. The number of unbranched alkanes of at least 4 members (excludes halogenated alkanes) is 1. The number of aromatic carboxylic acids is 1. The van der Waals surface area contributed by atoms with Gasteiger partial charge in [-0.3, -0.25) is 4.40 Å². The minimum absolute atomic E-state index is 0.411. The maximum atomic E-state index is 11.4. The van der Waals surface area contributed by atoms with Crippen molar-refractivity contribution in [2.45, 2.75) is 39.5 Å². The number of imidazole rings is 1. The molecule has 0 atom stereocenters. The fourth-order valence-corrected chi connectivity index (χ4v) is 3.68. The highest BCUT2D eigenvalue weighted by atomic mass is 32.1. The Balaban J connectivity index is 2.04. The van der Waals surface area contributed by atoms with E-state index in [-0.39, 0.29) is 0 Å². The topological polar surface area (TPSA) is 54.6 Å². The van der Waals surface area contributed by atoms with Gasteiger partial charge in [-0.2, -0.15) is 0 Å². The Hall–Kier alpha value is -2.14. The first-order valence-corrected chi connectivity index (χ1v) is 8.79. The Labute approximate surface area is 139 Å². The van der Waals surface area contributed by atoms with E-state index in [0.29, 0.717) is 4.88 Å². The molecule has 3 aromatic rings. The van der Waals surface area contributed by atoms with Gasteiger partial charge in [0.25, 0.3) is 0 Å². The summed E-state index contributed by atoms with van der Waals surface area (Å²) >= 11 is 1.26. The molecule has 0 aliphatic rings. The first-order valence-electron chi connectivity index (χ1n) is 7.97. The van der Waals surface area contributed by atoms with Crippen LogP contribution >= 0.6 is 11.3 Å². The number of rotatable bonds is 6. The van der Waals surface area contributed by atoms with Gasteiger partial charge in [0.05, 0.1) is 5.69 Å².